The van der Waals surface area contributed by atoms with Gasteiger partial charge in [0.15, 0.2) is 0 Å². The van der Waals surface area contributed by atoms with Crippen LogP contribution in [0.1, 0.15) is 22.3 Å². The van der Waals surface area contributed by atoms with Crippen LogP contribution in [0.4, 0.5) is 5.69 Å². The number of rotatable bonds is 2. The Kier molecular flexibility index (Phi) is 6.36. The van der Waals surface area contributed by atoms with E-state index >= 15 is 0 Å². The average molecular weight is 306 g/mol. The summed E-state index contributed by atoms with van der Waals surface area (Å²) in [5, 5.41) is 10.1. The zero-order valence-electron chi connectivity index (χ0n) is 11.8. The van der Waals surface area contributed by atoms with Gasteiger partial charge in [-0.2, -0.15) is 0 Å². The van der Waals surface area contributed by atoms with E-state index < -0.39 is 0 Å². The molecule has 20 heavy (non-hydrogen) atoms. The van der Waals surface area contributed by atoms with E-state index in [1.165, 1.54) is 5.56 Å². The van der Waals surface area contributed by atoms with Crippen molar-refractivity contribution in [1.82, 2.24) is 0 Å². The normalized spacial score (nSPS) is 10.1. The number of aromatic hydroxyl groups is 1. The summed E-state index contributed by atoms with van der Waals surface area (Å²) in [6.07, 6.45) is 1.74. The molecule has 103 valence electrons. The second-order valence-corrected chi connectivity index (χ2v) is 4.49. The Labute approximate surface area is 128 Å². The van der Waals surface area contributed by atoms with Crippen LogP contribution in [-0.4, -0.2) is 11.3 Å². The molecule has 0 spiro atoms. The van der Waals surface area contributed by atoms with Crippen LogP contribution in [0.3, 0.4) is 0 Å². The summed E-state index contributed by atoms with van der Waals surface area (Å²) in [5.74, 6) is 0.317. The Morgan fingerprint density at radius 1 is 1.05 bits per heavy atom. The zero-order valence-corrected chi connectivity index (χ0v) is 13.2. The van der Waals surface area contributed by atoms with E-state index in [0.29, 0.717) is 5.75 Å². The fraction of sp³-hybridized carbons (Fsp3) is 0.188. The summed E-state index contributed by atoms with van der Waals surface area (Å²) >= 11 is 1.06. The quantitative estimate of drug-likeness (QED) is 0.854. The van der Waals surface area contributed by atoms with Gasteiger partial charge < -0.3 is 5.11 Å². The van der Waals surface area contributed by atoms with Gasteiger partial charge in [0, 0.05) is 11.8 Å². The first-order valence-electron chi connectivity index (χ1n) is 6.16. The molecule has 0 aliphatic rings. The van der Waals surface area contributed by atoms with Crippen LogP contribution in [-0.2, 0) is 21.0 Å². The van der Waals surface area contributed by atoms with Gasteiger partial charge in [-0.05, 0) is 49.6 Å². The Balaban J connectivity index is 0.000000956. The molecule has 2 aromatic carbocycles. The standard InChI is InChI=1S/C16H17NO.O.V/c1-11-9-12(2)16(18)15(13(11)3)10-17-14-7-5-4-6-8-14;;/h4-10,18H,1-3H3;;. The van der Waals surface area contributed by atoms with Gasteiger partial charge in [0.25, 0.3) is 0 Å². The van der Waals surface area contributed by atoms with E-state index in [0.717, 1.165) is 39.7 Å². The number of aryl methyl sites for hydroxylation is 2. The SMILES string of the molecule is Cc1cc(C)c(O)c(C=Nc2ccccc2)c1C.[O]=[V]. The second kappa shape index (κ2) is 7.78. The van der Waals surface area contributed by atoms with E-state index in [1.54, 1.807) is 6.21 Å². The number of benzene rings is 2. The summed E-state index contributed by atoms with van der Waals surface area (Å²) in [5.41, 5.74) is 4.80. The molecule has 0 unspecified atom stereocenters. The number of phenolic OH excluding ortho intramolecular Hbond substituents is 1. The fourth-order valence-corrected chi connectivity index (χ4v) is 1.91. The molecule has 0 bridgehead atoms. The number of nitrogens with zero attached hydrogens (tertiary/aromatic N) is 1. The summed E-state index contributed by atoms with van der Waals surface area (Å²) in [6, 6.07) is 11.7. The third-order valence-electron chi connectivity index (χ3n) is 3.16. The van der Waals surface area contributed by atoms with Crippen molar-refractivity contribution >= 4 is 11.9 Å². The Hall–Kier alpha value is -1.71. The van der Waals surface area contributed by atoms with Crippen LogP contribution in [0.5, 0.6) is 5.75 Å². The monoisotopic (exact) mass is 306 g/mol. The van der Waals surface area contributed by atoms with Crippen molar-refractivity contribution in [3.63, 3.8) is 0 Å². The zero-order chi connectivity index (χ0) is 15.1. The van der Waals surface area contributed by atoms with Gasteiger partial charge in [0.2, 0.25) is 0 Å². The van der Waals surface area contributed by atoms with Gasteiger partial charge in [0.1, 0.15) is 5.75 Å². The Morgan fingerprint density at radius 3 is 2.25 bits per heavy atom. The summed E-state index contributed by atoms with van der Waals surface area (Å²) < 4.78 is 8.19. The second-order valence-electron chi connectivity index (χ2n) is 4.49. The van der Waals surface area contributed by atoms with Crippen molar-refractivity contribution < 1.29 is 26.1 Å². The molecule has 0 amide bonds. The van der Waals surface area contributed by atoms with Gasteiger partial charge >= 0.3 is 21.0 Å². The third kappa shape index (κ3) is 3.89. The molecule has 0 heterocycles. The summed E-state index contributed by atoms with van der Waals surface area (Å²) in [4.78, 5) is 4.40. The van der Waals surface area contributed by atoms with Crippen molar-refractivity contribution in [2.75, 3.05) is 0 Å². The molecule has 0 saturated carbocycles. The molecule has 4 heteroatoms. The molecule has 2 rings (SSSR count). The van der Waals surface area contributed by atoms with Crippen molar-refractivity contribution in [1.29, 1.82) is 0 Å². The minimum absolute atomic E-state index is 0.317. The van der Waals surface area contributed by atoms with Gasteiger partial charge in [0.05, 0.1) is 5.69 Å². The number of phenols is 1. The molecule has 0 atom stereocenters. The van der Waals surface area contributed by atoms with Crippen LogP contribution in [0.2, 0.25) is 0 Å². The molecule has 0 radical (unpaired) electrons. The topological polar surface area (TPSA) is 49.7 Å². The Morgan fingerprint density at radius 2 is 1.65 bits per heavy atom. The molecule has 2 aromatic rings. The van der Waals surface area contributed by atoms with Gasteiger partial charge in [-0.3, -0.25) is 4.99 Å². The molecule has 3 nitrogen and oxygen atoms in total. The van der Waals surface area contributed by atoms with Crippen molar-refractivity contribution in [2.24, 2.45) is 4.99 Å². The molecule has 0 fully saturated rings. The molecule has 0 aromatic heterocycles. The molecular formula is C16H17NO2V. The number of hydrogen-bond acceptors (Lipinski definition) is 3. The molecule has 1 N–H and O–H groups in total. The first kappa shape index (κ1) is 16.3. The Bertz CT molecular complexity index is 583. The molecule has 0 aliphatic carbocycles. The van der Waals surface area contributed by atoms with Crippen molar-refractivity contribution in [3.05, 3.63) is 58.7 Å². The van der Waals surface area contributed by atoms with Crippen molar-refractivity contribution in [2.45, 2.75) is 20.8 Å². The first-order valence-corrected chi connectivity index (χ1v) is 6.73. The van der Waals surface area contributed by atoms with Crippen LogP contribution in [0, 0.1) is 20.8 Å². The van der Waals surface area contributed by atoms with Crippen LogP contribution in [0.15, 0.2) is 41.4 Å². The maximum absolute atomic E-state index is 10.1. The number of para-hydroxylation sites is 1. The van der Waals surface area contributed by atoms with E-state index in [9.17, 15) is 5.11 Å². The van der Waals surface area contributed by atoms with E-state index in [4.69, 9.17) is 3.67 Å². The molecule has 0 saturated heterocycles. The summed E-state index contributed by atoms with van der Waals surface area (Å²) in [7, 11) is 0. The van der Waals surface area contributed by atoms with Gasteiger partial charge in [-0.1, -0.05) is 24.3 Å². The number of hydrogen-bond donors (Lipinski definition) is 1. The maximum atomic E-state index is 10.1. The van der Waals surface area contributed by atoms with E-state index in [2.05, 4.69) is 4.99 Å². The van der Waals surface area contributed by atoms with E-state index in [-0.39, 0.29) is 0 Å². The average Bonchev–Trinajstić information content (AvgIpc) is 2.48. The first-order chi connectivity index (χ1) is 9.59. The molecule has 0 aliphatic heterocycles. The third-order valence-corrected chi connectivity index (χ3v) is 3.16. The van der Waals surface area contributed by atoms with Crippen molar-refractivity contribution in [3.8, 4) is 5.75 Å². The van der Waals surface area contributed by atoms with Crippen LogP contribution in [0.25, 0.3) is 0 Å². The predicted octanol–water partition coefficient (Wildman–Crippen LogP) is 3.95. The van der Waals surface area contributed by atoms with Gasteiger partial charge in [-0.25, -0.2) is 0 Å². The molecular weight excluding hydrogens is 289 g/mol. The van der Waals surface area contributed by atoms with E-state index in [1.807, 2.05) is 57.2 Å². The van der Waals surface area contributed by atoms with Crippen LogP contribution >= 0.6 is 0 Å². The fourth-order valence-electron chi connectivity index (χ4n) is 1.91. The van der Waals surface area contributed by atoms with Gasteiger partial charge in [-0.15, -0.1) is 0 Å². The number of aliphatic imine (C=N–C) groups is 1. The van der Waals surface area contributed by atoms with Crippen LogP contribution < -0.4 is 0 Å². The predicted molar refractivity (Wildman–Crippen MR) is 76.7 cm³/mol. The summed E-state index contributed by atoms with van der Waals surface area (Å²) in [6.45, 7) is 5.95. The minimum atomic E-state index is 0.317.